The molecule has 1 aromatic carbocycles. The number of fused-ring (bicyclic) bond motifs is 1. The second-order valence-electron chi connectivity index (χ2n) is 3.90. The zero-order valence-electron chi connectivity index (χ0n) is 9.36. The maximum absolute atomic E-state index is 6.15. The number of halogens is 2. The summed E-state index contributed by atoms with van der Waals surface area (Å²) in [6.07, 6.45) is 0. The maximum Gasteiger partial charge on any atom is 0.161 e. The molecule has 94 valence electrons. The molecule has 3 rings (SSSR count). The fourth-order valence-electron chi connectivity index (χ4n) is 1.86. The molecule has 2 heterocycles. The lowest BCUT2D eigenvalue weighted by Crippen LogP contribution is -2.15. The summed E-state index contributed by atoms with van der Waals surface area (Å²) in [6.45, 7) is 1.21. The molecule has 2 aromatic rings. The van der Waals surface area contributed by atoms with E-state index in [1.807, 2.05) is 29.6 Å². The van der Waals surface area contributed by atoms with E-state index in [0.717, 1.165) is 27.0 Å². The Balaban J connectivity index is 1.95. The van der Waals surface area contributed by atoms with Gasteiger partial charge in [-0.2, -0.15) is 0 Å². The fourth-order valence-corrected chi connectivity index (χ4v) is 4.01. The van der Waals surface area contributed by atoms with Crippen LogP contribution in [0.1, 0.15) is 15.3 Å². The minimum absolute atomic E-state index is 0.0841. The van der Waals surface area contributed by atoms with Crippen LogP contribution in [0.5, 0.6) is 11.5 Å². The lowest BCUT2D eigenvalue weighted by molar-refractivity contribution is 0.171. The largest absolute Gasteiger partial charge is 0.486 e. The van der Waals surface area contributed by atoms with Gasteiger partial charge >= 0.3 is 0 Å². The van der Waals surface area contributed by atoms with Gasteiger partial charge in [-0.25, -0.2) is 0 Å². The van der Waals surface area contributed by atoms with Crippen LogP contribution >= 0.6 is 38.9 Å². The van der Waals surface area contributed by atoms with Crippen LogP contribution < -0.4 is 9.47 Å². The van der Waals surface area contributed by atoms with Gasteiger partial charge in [-0.05, 0) is 29.1 Å². The van der Waals surface area contributed by atoms with Crippen molar-refractivity contribution < 1.29 is 9.47 Å². The molecule has 18 heavy (non-hydrogen) atoms. The Hall–Kier alpha value is -0.710. The van der Waals surface area contributed by atoms with Crippen molar-refractivity contribution in [3.63, 3.8) is 0 Å². The highest BCUT2D eigenvalue weighted by Crippen LogP contribution is 2.41. The number of ether oxygens (including phenoxy) is 2. The summed E-state index contributed by atoms with van der Waals surface area (Å²) in [5, 5.41) is 2.78. The molecule has 2 nitrogen and oxygen atoms in total. The van der Waals surface area contributed by atoms with Crippen LogP contribution in [-0.2, 0) is 0 Å². The first kappa shape index (κ1) is 12.3. The highest BCUT2D eigenvalue weighted by Gasteiger charge is 2.18. The molecule has 1 aromatic heterocycles. The molecular weight excluding hydrogens is 336 g/mol. The van der Waals surface area contributed by atoms with Crippen molar-refractivity contribution in [1.82, 2.24) is 0 Å². The van der Waals surface area contributed by atoms with Crippen molar-refractivity contribution >= 4 is 38.9 Å². The van der Waals surface area contributed by atoms with Crippen molar-refractivity contribution in [2.24, 2.45) is 0 Å². The van der Waals surface area contributed by atoms with E-state index < -0.39 is 0 Å². The van der Waals surface area contributed by atoms with Gasteiger partial charge in [0.15, 0.2) is 11.5 Å². The first-order valence-corrected chi connectivity index (χ1v) is 7.69. The van der Waals surface area contributed by atoms with Crippen molar-refractivity contribution in [3.05, 3.63) is 45.1 Å². The molecule has 0 N–H and O–H groups in total. The van der Waals surface area contributed by atoms with Crippen LogP contribution in [-0.4, -0.2) is 13.2 Å². The van der Waals surface area contributed by atoms with Gasteiger partial charge in [0.2, 0.25) is 0 Å². The summed E-state index contributed by atoms with van der Waals surface area (Å²) in [5.74, 6) is 1.61. The molecule has 0 fully saturated rings. The topological polar surface area (TPSA) is 18.5 Å². The molecule has 0 saturated carbocycles. The lowest BCUT2D eigenvalue weighted by atomic mass is 10.1. The van der Waals surface area contributed by atoms with Gasteiger partial charge in [0.25, 0.3) is 0 Å². The Labute approximate surface area is 123 Å². The first-order chi connectivity index (χ1) is 8.75. The number of hydrogen-bond donors (Lipinski definition) is 0. The van der Waals surface area contributed by atoms with E-state index in [-0.39, 0.29) is 4.83 Å². The predicted molar refractivity (Wildman–Crippen MR) is 77.5 cm³/mol. The molecule has 1 atom stereocenters. The highest BCUT2D eigenvalue weighted by molar-refractivity contribution is 9.09. The zero-order chi connectivity index (χ0) is 12.5. The van der Waals surface area contributed by atoms with Crippen LogP contribution in [0.2, 0.25) is 5.02 Å². The second-order valence-corrected chi connectivity index (χ2v) is 6.17. The van der Waals surface area contributed by atoms with E-state index in [9.17, 15) is 0 Å². The van der Waals surface area contributed by atoms with Crippen molar-refractivity contribution in [3.8, 4) is 11.5 Å². The van der Waals surface area contributed by atoms with E-state index in [1.54, 1.807) is 11.3 Å². The highest BCUT2D eigenvalue weighted by atomic mass is 79.9. The smallest absolute Gasteiger partial charge is 0.161 e. The molecule has 0 aliphatic carbocycles. The van der Waals surface area contributed by atoms with Gasteiger partial charge in [-0.15, -0.1) is 11.3 Å². The monoisotopic (exact) mass is 344 g/mol. The third kappa shape index (κ3) is 2.25. The van der Waals surface area contributed by atoms with E-state index in [1.165, 1.54) is 0 Å². The Morgan fingerprint density at radius 1 is 1.17 bits per heavy atom. The minimum Gasteiger partial charge on any atom is -0.486 e. The Morgan fingerprint density at radius 2 is 1.94 bits per heavy atom. The lowest BCUT2D eigenvalue weighted by Gasteiger charge is -2.20. The average molecular weight is 346 g/mol. The standard InChI is InChI=1S/C13H10BrClO2S/c14-12(13-9(15)3-6-18-13)8-1-2-10-11(7-8)17-5-4-16-10/h1-3,6-7,12H,4-5H2. The normalized spacial score (nSPS) is 15.4. The summed E-state index contributed by atoms with van der Waals surface area (Å²) in [4.78, 5) is 1.19. The van der Waals surface area contributed by atoms with E-state index in [0.29, 0.717) is 13.2 Å². The third-order valence-corrected chi connectivity index (χ3v) is 5.45. The molecule has 0 radical (unpaired) electrons. The van der Waals surface area contributed by atoms with Gasteiger partial charge in [0.05, 0.1) is 9.85 Å². The summed E-state index contributed by atoms with van der Waals surface area (Å²) in [5.41, 5.74) is 1.11. The SMILES string of the molecule is Clc1ccsc1C(Br)c1ccc2c(c1)OCCO2. The summed E-state index contributed by atoms with van der Waals surface area (Å²) in [6, 6.07) is 7.89. The molecule has 1 unspecified atom stereocenters. The van der Waals surface area contributed by atoms with Crippen molar-refractivity contribution in [1.29, 1.82) is 0 Å². The van der Waals surface area contributed by atoms with Crippen LogP contribution in [0.3, 0.4) is 0 Å². The van der Waals surface area contributed by atoms with Crippen LogP contribution in [0.4, 0.5) is 0 Å². The Kier molecular flexibility index (Phi) is 3.50. The molecule has 0 amide bonds. The minimum atomic E-state index is 0.0841. The van der Waals surface area contributed by atoms with Crippen molar-refractivity contribution in [2.45, 2.75) is 4.83 Å². The molecular formula is C13H10BrClO2S. The number of benzene rings is 1. The molecule has 1 aliphatic rings. The molecule has 0 spiro atoms. The molecule has 0 saturated heterocycles. The van der Waals surface area contributed by atoms with E-state index in [4.69, 9.17) is 21.1 Å². The first-order valence-electron chi connectivity index (χ1n) is 5.52. The van der Waals surface area contributed by atoms with Crippen LogP contribution in [0, 0.1) is 0 Å². The van der Waals surface area contributed by atoms with Crippen molar-refractivity contribution in [2.75, 3.05) is 13.2 Å². The second kappa shape index (κ2) is 5.11. The predicted octanol–water partition coefficient (Wildman–Crippen LogP) is 4.66. The Morgan fingerprint density at radius 3 is 2.67 bits per heavy atom. The van der Waals surface area contributed by atoms with Gasteiger partial charge in [0.1, 0.15) is 13.2 Å². The van der Waals surface area contributed by atoms with Crippen LogP contribution in [0.25, 0.3) is 0 Å². The third-order valence-electron chi connectivity index (χ3n) is 2.73. The summed E-state index contributed by atoms with van der Waals surface area (Å²) >= 11 is 11.5. The fraction of sp³-hybridized carbons (Fsp3) is 0.231. The van der Waals surface area contributed by atoms with Gasteiger partial charge in [-0.1, -0.05) is 33.6 Å². The quantitative estimate of drug-likeness (QED) is 0.737. The number of rotatable bonds is 2. The van der Waals surface area contributed by atoms with E-state index in [2.05, 4.69) is 15.9 Å². The van der Waals surface area contributed by atoms with Gasteiger partial charge in [0, 0.05) is 4.88 Å². The molecule has 1 aliphatic heterocycles. The number of alkyl halides is 1. The van der Waals surface area contributed by atoms with Crippen LogP contribution in [0.15, 0.2) is 29.6 Å². The summed E-state index contributed by atoms with van der Waals surface area (Å²) in [7, 11) is 0. The van der Waals surface area contributed by atoms with E-state index >= 15 is 0 Å². The number of hydrogen-bond acceptors (Lipinski definition) is 3. The molecule has 0 bridgehead atoms. The van der Waals surface area contributed by atoms with Gasteiger partial charge in [-0.3, -0.25) is 0 Å². The molecule has 5 heteroatoms. The van der Waals surface area contributed by atoms with Gasteiger partial charge < -0.3 is 9.47 Å². The Bertz CT molecular complexity index is 570. The summed E-state index contributed by atoms with van der Waals surface area (Å²) < 4.78 is 11.1. The number of thiophene rings is 1. The average Bonchev–Trinajstić information content (AvgIpc) is 2.83. The maximum atomic E-state index is 6.15. The zero-order valence-corrected chi connectivity index (χ0v) is 12.5.